The normalized spacial score (nSPS) is 26.1. The van der Waals surface area contributed by atoms with Crippen LogP contribution in [-0.4, -0.2) is 12.7 Å². The predicted octanol–water partition coefficient (Wildman–Crippen LogP) is 1.07. The number of rotatable bonds is 0. The van der Waals surface area contributed by atoms with E-state index in [1.54, 1.807) is 0 Å². The summed E-state index contributed by atoms with van der Waals surface area (Å²) < 4.78 is 0. The summed E-state index contributed by atoms with van der Waals surface area (Å²) in [4.78, 5) is 0. The van der Waals surface area contributed by atoms with Gasteiger partial charge in [-0.25, -0.2) is 0 Å². The van der Waals surface area contributed by atoms with Crippen molar-refractivity contribution in [2.24, 2.45) is 5.41 Å². The maximum atomic E-state index is 3.36. The van der Waals surface area contributed by atoms with Crippen molar-refractivity contribution in [2.75, 3.05) is 6.54 Å². The van der Waals surface area contributed by atoms with E-state index in [1.165, 1.54) is 0 Å². The summed E-state index contributed by atoms with van der Waals surface area (Å²) in [6.07, 6.45) is 4.52. The van der Waals surface area contributed by atoms with E-state index in [0.717, 1.165) is 6.54 Å². The van der Waals surface area contributed by atoms with Gasteiger partial charge in [-0.15, -0.1) is 0 Å². The Morgan fingerprint density at radius 3 is 2.40 bits per heavy atom. The lowest BCUT2D eigenvalue weighted by atomic mass is 9.92. The molecule has 0 aromatic heterocycles. The fraction of sp³-hybridized carbons (Fsp3) is 0.750. The molecule has 0 radical (unpaired) electrons. The molecule has 1 atom stereocenters. The molecule has 0 bridgehead atoms. The topological polar surface area (TPSA) is 24.1 Å². The second-order valence-electron chi connectivity index (χ2n) is 3.78. The fourth-order valence-corrected chi connectivity index (χ4v) is 1.02. The summed E-state index contributed by atoms with van der Waals surface area (Å²) in [5.41, 5.74) is 0.296. The lowest BCUT2D eigenvalue weighted by molar-refractivity contribution is 0.244. The van der Waals surface area contributed by atoms with Gasteiger partial charge in [0.2, 0.25) is 0 Å². The maximum absolute atomic E-state index is 3.36. The van der Waals surface area contributed by atoms with Crippen molar-refractivity contribution in [3.05, 3.63) is 12.3 Å². The predicted molar refractivity (Wildman–Crippen MR) is 43.5 cm³/mol. The van der Waals surface area contributed by atoms with Crippen molar-refractivity contribution in [1.29, 1.82) is 0 Å². The van der Waals surface area contributed by atoms with E-state index in [0.29, 0.717) is 11.6 Å². The lowest BCUT2D eigenvalue weighted by Gasteiger charge is -2.33. The number of hydrogen-bond donors (Lipinski definition) is 2. The zero-order valence-corrected chi connectivity index (χ0v) is 6.94. The summed E-state index contributed by atoms with van der Waals surface area (Å²) in [6.45, 7) is 7.64. The van der Waals surface area contributed by atoms with Crippen LogP contribution in [0.2, 0.25) is 0 Å². The van der Waals surface area contributed by atoms with E-state index < -0.39 is 0 Å². The number of nitrogens with one attached hydrogen (secondary N) is 2. The molecule has 10 heavy (non-hydrogen) atoms. The van der Waals surface area contributed by atoms with E-state index in [9.17, 15) is 0 Å². The van der Waals surface area contributed by atoms with E-state index in [2.05, 4.69) is 37.5 Å². The molecule has 58 valence electrons. The van der Waals surface area contributed by atoms with E-state index in [1.807, 2.05) is 6.20 Å². The first-order valence-corrected chi connectivity index (χ1v) is 3.75. The smallest absolute Gasteiger partial charge is 0.0815 e. The van der Waals surface area contributed by atoms with Crippen LogP contribution in [0.5, 0.6) is 0 Å². The second kappa shape index (κ2) is 2.62. The summed E-state index contributed by atoms with van der Waals surface area (Å²) in [7, 11) is 0. The quantitative estimate of drug-likeness (QED) is 0.526. The maximum Gasteiger partial charge on any atom is 0.0815 e. The molecule has 2 N–H and O–H groups in total. The average Bonchev–Trinajstić information content (AvgIpc) is 1.88. The Balaban J connectivity index is 2.49. The fourth-order valence-electron chi connectivity index (χ4n) is 1.02. The first-order valence-electron chi connectivity index (χ1n) is 3.75. The van der Waals surface area contributed by atoms with Crippen LogP contribution < -0.4 is 10.6 Å². The molecule has 0 saturated heterocycles. The lowest BCUT2D eigenvalue weighted by Crippen LogP contribution is -2.51. The van der Waals surface area contributed by atoms with E-state index in [4.69, 9.17) is 0 Å². The van der Waals surface area contributed by atoms with Crippen molar-refractivity contribution in [2.45, 2.75) is 26.9 Å². The molecule has 0 aliphatic carbocycles. The Morgan fingerprint density at radius 1 is 1.40 bits per heavy atom. The Kier molecular flexibility index (Phi) is 2.00. The van der Waals surface area contributed by atoms with Crippen LogP contribution in [-0.2, 0) is 0 Å². The van der Waals surface area contributed by atoms with Crippen molar-refractivity contribution in [3.8, 4) is 0 Å². The van der Waals surface area contributed by atoms with Gasteiger partial charge in [0.05, 0.1) is 6.17 Å². The van der Waals surface area contributed by atoms with Gasteiger partial charge in [0.15, 0.2) is 0 Å². The summed E-state index contributed by atoms with van der Waals surface area (Å²) in [6, 6.07) is 0. The van der Waals surface area contributed by atoms with Gasteiger partial charge in [-0.1, -0.05) is 26.8 Å². The molecule has 1 aliphatic heterocycles. The van der Waals surface area contributed by atoms with Crippen LogP contribution in [0.15, 0.2) is 12.3 Å². The minimum Gasteiger partial charge on any atom is -0.376 e. The summed E-state index contributed by atoms with van der Waals surface area (Å²) in [5, 5.41) is 6.63. The molecular weight excluding hydrogens is 124 g/mol. The van der Waals surface area contributed by atoms with Gasteiger partial charge in [-0.3, -0.25) is 5.32 Å². The van der Waals surface area contributed by atoms with Gasteiger partial charge >= 0.3 is 0 Å². The van der Waals surface area contributed by atoms with Gasteiger partial charge in [0.25, 0.3) is 0 Å². The third-order valence-corrected chi connectivity index (χ3v) is 1.69. The Morgan fingerprint density at radius 2 is 2.10 bits per heavy atom. The zero-order chi connectivity index (χ0) is 7.61. The monoisotopic (exact) mass is 140 g/mol. The minimum absolute atomic E-state index is 0.296. The molecule has 1 aliphatic rings. The van der Waals surface area contributed by atoms with Crippen LogP contribution in [0, 0.1) is 5.41 Å². The molecule has 0 aromatic rings. The van der Waals surface area contributed by atoms with Crippen LogP contribution in [0.4, 0.5) is 0 Å². The first kappa shape index (κ1) is 7.61. The molecule has 0 saturated carbocycles. The molecule has 0 aromatic carbocycles. The third kappa shape index (κ3) is 1.74. The highest BCUT2D eigenvalue weighted by molar-refractivity contribution is 4.94. The Bertz CT molecular complexity index is 133. The molecule has 1 heterocycles. The minimum atomic E-state index is 0.296. The van der Waals surface area contributed by atoms with Gasteiger partial charge in [0.1, 0.15) is 0 Å². The highest BCUT2D eigenvalue weighted by Crippen LogP contribution is 2.17. The van der Waals surface area contributed by atoms with Gasteiger partial charge in [-0.2, -0.15) is 0 Å². The molecule has 1 rings (SSSR count). The average molecular weight is 140 g/mol. The largest absolute Gasteiger partial charge is 0.376 e. The zero-order valence-electron chi connectivity index (χ0n) is 6.94. The molecule has 0 amide bonds. The van der Waals surface area contributed by atoms with Crippen molar-refractivity contribution in [1.82, 2.24) is 10.6 Å². The molecule has 0 spiro atoms. The third-order valence-electron chi connectivity index (χ3n) is 1.69. The van der Waals surface area contributed by atoms with Crippen LogP contribution >= 0.6 is 0 Å². The Hall–Kier alpha value is -0.500. The van der Waals surface area contributed by atoms with Gasteiger partial charge < -0.3 is 5.32 Å². The first-order chi connectivity index (χ1) is 4.61. The highest BCUT2D eigenvalue weighted by Gasteiger charge is 2.23. The second-order valence-corrected chi connectivity index (χ2v) is 3.78. The van der Waals surface area contributed by atoms with Crippen molar-refractivity contribution >= 4 is 0 Å². The molecule has 0 fully saturated rings. The molecular formula is C8H16N2. The molecule has 2 nitrogen and oxygen atoms in total. The van der Waals surface area contributed by atoms with Gasteiger partial charge in [-0.05, 0) is 11.6 Å². The SMILES string of the molecule is CC(C)(C)C1NC=CCN1. The van der Waals surface area contributed by atoms with Gasteiger partial charge in [0, 0.05) is 6.54 Å². The van der Waals surface area contributed by atoms with Crippen molar-refractivity contribution < 1.29 is 0 Å². The molecule has 1 unspecified atom stereocenters. The summed E-state index contributed by atoms with van der Waals surface area (Å²) >= 11 is 0. The molecule has 2 heteroatoms. The van der Waals surface area contributed by atoms with Crippen LogP contribution in [0.25, 0.3) is 0 Å². The van der Waals surface area contributed by atoms with Crippen LogP contribution in [0.3, 0.4) is 0 Å². The van der Waals surface area contributed by atoms with E-state index in [-0.39, 0.29) is 0 Å². The summed E-state index contributed by atoms with van der Waals surface area (Å²) in [5.74, 6) is 0. The number of hydrogen-bond acceptors (Lipinski definition) is 2. The van der Waals surface area contributed by atoms with Crippen molar-refractivity contribution in [3.63, 3.8) is 0 Å². The Labute approximate surface area is 62.7 Å². The highest BCUT2D eigenvalue weighted by atomic mass is 15.1. The van der Waals surface area contributed by atoms with E-state index >= 15 is 0 Å². The standard InChI is InChI=1S/C8H16N2/c1-8(2,3)7-9-5-4-6-10-7/h4-5,7,9-10H,6H2,1-3H3. The van der Waals surface area contributed by atoms with Crippen LogP contribution in [0.1, 0.15) is 20.8 Å².